The lowest BCUT2D eigenvalue weighted by Crippen LogP contribution is -2.49. The Hall–Kier alpha value is -0.860. The van der Waals surface area contributed by atoms with Crippen LogP contribution in [0.3, 0.4) is 0 Å². The van der Waals surface area contributed by atoms with Crippen LogP contribution in [0.1, 0.15) is 40.8 Å². The fraction of sp³-hybridized carbons (Fsp3) is 0.462. The third-order valence-corrected chi connectivity index (χ3v) is 3.25. The highest BCUT2D eigenvalue weighted by molar-refractivity contribution is 6.31. The van der Waals surface area contributed by atoms with E-state index >= 15 is 0 Å². The smallest absolute Gasteiger partial charge is 0.157 e. The zero-order chi connectivity index (χ0) is 17.6. The van der Waals surface area contributed by atoms with Crippen molar-refractivity contribution in [1.29, 1.82) is 0 Å². The number of hydrogen-bond donors (Lipinski definition) is 1. The van der Waals surface area contributed by atoms with Crippen LogP contribution < -0.4 is 5.32 Å². The third kappa shape index (κ3) is 1.76. The Kier molecular flexibility index (Phi) is 1.61. The Morgan fingerprint density at radius 3 is 3.06 bits per heavy atom. The summed E-state index contributed by atoms with van der Waals surface area (Å²) in [6.45, 7) is -2.66. The van der Waals surface area contributed by atoms with Gasteiger partial charge in [0.05, 0.1) is 5.48 Å². The summed E-state index contributed by atoms with van der Waals surface area (Å²) in [7, 11) is 0. The van der Waals surface area contributed by atoms with Gasteiger partial charge < -0.3 is 5.32 Å². The van der Waals surface area contributed by atoms with Gasteiger partial charge in [-0.3, -0.25) is 4.79 Å². The molecule has 2 nitrogen and oxygen atoms in total. The summed E-state index contributed by atoms with van der Waals surface area (Å²) < 4.78 is 53.7. The summed E-state index contributed by atoms with van der Waals surface area (Å²) in [6.07, 6.45) is 1.40. The first-order valence-corrected chi connectivity index (χ1v) is 5.48. The molecule has 1 unspecified atom stereocenters. The Labute approximate surface area is 111 Å². The van der Waals surface area contributed by atoms with Crippen molar-refractivity contribution in [3.05, 3.63) is 34.8 Å². The number of carbonyl (C=O) groups excluding carboxylic acids is 1. The maximum atomic E-state index is 12.6. The molecule has 86 valence electrons. The Morgan fingerprint density at radius 2 is 2.31 bits per heavy atom. The molecular formula is C13H16ClNO. The Balaban J connectivity index is 2.78. The van der Waals surface area contributed by atoms with Gasteiger partial charge in [0.1, 0.15) is 5.54 Å². The average Bonchev–Trinajstić information content (AvgIpc) is 2.44. The van der Waals surface area contributed by atoms with Crippen molar-refractivity contribution in [2.45, 2.75) is 31.2 Å². The van der Waals surface area contributed by atoms with Crippen LogP contribution in [0.25, 0.3) is 0 Å². The number of halogens is 1. The normalized spacial score (nSPS) is 32.8. The lowest BCUT2D eigenvalue weighted by atomic mass is 9.75. The minimum Gasteiger partial charge on any atom is -0.304 e. The number of likely N-dealkylation sites (N-methyl/N-ethyl adjacent to an activating group) is 1. The first kappa shape index (κ1) is 5.65. The first-order valence-electron chi connectivity index (χ1n) is 8.60. The van der Waals surface area contributed by atoms with E-state index in [1.807, 2.05) is 0 Å². The summed E-state index contributed by atoms with van der Waals surface area (Å²) >= 11 is 6.11. The second-order valence-electron chi connectivity index (χ2n) is 3.85. The van der Waals surface area contributed by atoms with Crippen molar-refractivity contribution in [3.8, 4) is 0 Å². The molecule has 0 radical (unpaired) electrons. The van der Waals surface area contributed by atoms with Crippen LogP contribution in [0.2, 0.25) is 5.02 Å². The summed E-state index contributed by atoms with van der Waals surface area (Å²) in [5.41, 5.74) is -1.90. The fourth-order valence-corrected chi connectivity index (χ4v) is 2.33. The van der Waals surface area contributed by atoms with E-state index in [-0.39, 0.29) is 23.4 Å². The third-order valence-electron chi connectivity index (χ3n) is 2.96. The van der Waals surface area contributed by atoms with E-state index in [4.69, 9.17) is 21.2 Å². The average molecular weight is 245 g/mol. The molecule has 0 bridgehead atoms. The Morgan fingerprint density at radius 1 is 1.50 bits per heavy atom. The van der Waals surface area contributed by atoms with Crippen LogP contribution in [0, 0.1) is 0 Å². The molecule has 1 aromatic carbocycles. The van der Waals surface area contributed by atoms with E-state index in [9.17, 15) is 4.79 Å². The maximum absolute atomic E-state index is 12.6. The number of carbonyl (C=O) groups is 1. The van der Waals surface area contributed by atoms with Crippen LogP contribution in [-0.4, -0.2) is 12.8 Å². The molecular weight excluding hydrogens is 222 g/mol. The highest BCUT2D eigenvalue weighted by atomic mass is 35.5. The lowest BCUT2D eigenvalue weighted by Gasteiger charge is -2.36. The molecule has 0 amide bonds. The van der Waals surface area contributed by atoms with Gasteiger partial charge in [0.15, 0.2) is 5.78 Å². The van der Waals surface area contributed by atoms with Gasteiger partial charge >= 0.3 is 0 Å². The van der Waals surface area contributed by atoms with E-state index in [2.05, 4.69) is 5.32 Å². The largest absolute Gasteiger partial charge is 0.304 e. The molecule has 0 aliphatic heterocycles. The molecule has 1 fully saturated rings. The van der Waals surface area contributed by atoms with Gasteiger partial charge in [0.2, 0.25) is 0 Å². The van der Waals surface area contributed by atoms with Gasteiger partial charge in [-0.15, -0.1) is 0 Å². The van der Waals surface area contributed by atoms with E-state index in [1.54, 1.807) is 0 Å². The van der Waals surface area contributed by atoms with Gasteiger partial charge in [0.25, 0.3) is 0 Å². The molecule has 1 saturated carbocycles. The molecule has 16 heavy (non-hydrogen) atoms. The highest BCUT2D eigenvalue weighted by Crippen LogP contribution is 2.37. The molecule has 0 aromatic heterocycles. The number of rotatable bonds is 2. The molecule has 3 heteroatoms. The molecule has 2 rings (SSSR count). The van der Waals surface area contributed by atoms with E-state index < -0.39 is 42.5 Å². The topological polar surface area (TPSA) is 29.1 Å². The summed E-state index contributed by atoms with van der Waals surface area (Å²) in [5.74, 6) is -0.424. The van der Waals surface area contributed by atoms with Crippen LogP contribution in [0.4, 0.5) is 0 Å². The zero-order valence-corrected chi connectivity index (χ0v) is 9.37. The predicted octanol–water partition coefficient (Wildman–Crippen LogP) is 2.90. The molecule has 0 saturated heterocycles. The molecule has 1 aliphatic carbocycles. The number of ketones is 1. The quantitative estimate of drug-likeness (QED) is 0.867. The van der Waals surface area contributed by atoms with Crippen LogP contribution in [0.5, 0.6) is 0 Å². The highest BCUT2D eigenvalue weighted by Gasteiger charge is 2.40. The monoisotopic (exact) mass is 244 g/mol. The van der Waals surface area contributed by atoms with Crippen molar-refractivity contribution in [2.75, 3.05) is 6.98 Å². The van der Waals surface area contributed by atoms with E-state index in [1.165, 1.54) is 0 Å². The van der Waals surface area contributed by atoms with E-state index in [0.717, 1.165) is 0 Å². The molecule has 1 aliphatic rings. The molecule has 1 N–H and O–H groups in total. The van der Waals surface area contributed by atoms with Crippen LogP contribution in [0.15, 0.2) is 24.2 Å². The van der Waals surface area contributed by atoms with Crippen LogP contribution in [-0.2, 0) is 10.3 Å². The standard InChI is InChI=1S/C13H16ClNO/c1-15-13(9-5-4-8-12(13)16)10-6-2-3-7-11(10)14/h2-3,6-7,15H,4-5,8-9H2,1H3/i1D3,2D,3D,6D,7D. The van der Waals surface area contributed by atoms with Gasteiger partial charge in [-0.05, 0) is 31.4 Å². The SMILES string of the molecule is [2H]c1c([2H])c([2H])c(C2(NC([2H])([2H])[2H])CCCCC2=O)c(Cl)c1[2H]. The first-order chi connectivity index (χ1) is 10.5. The van der Waals surface area contributed by atoms with Crippen molar-refractivity contribution in [1.82, 2.24) is 5.32 Å². The summed E-state index contributed by atoms with van der Waals surface area (Å²) in [4.78, 5) is 12.6. The Bertz CT molecular complexity index is 632. The van der Waals surface area contributed by atoms with E-state index in [0.29, 0.717) is 12.8 Å². The summed E-state index contributed by atoms with van der Waals surface area (Å²) in [6, 6.07) is -2.02. The molecule has 0 spiro atoms. The van der Waals surface area contributed by atoms with Crippen LogP contribution >= 0.6 is 11.6 Å². The molecule has 0 heterocycles. The van der Waals surface area contributed by atoms with Crippen molar-refractivity contribution < 1.29 is 14.4 Å². The van der Waals surface area contributed by atoms with Gasteiger partial charge in [-0.2, -0.15) is 0 Å². The predicted molar refractivity (Wildman–Crippen MR) is 65.7 cm³/mol. The second kappa shape index (κ2) is 4.56. The summed E-state index contributed by atoms with van der Waals surface area (Å²) in [5, 5.41) is 1.99. The van der Waals surface area contributed by atoms with Crippen molar-refractivity contribution in [2.24, 2.45) is 0 Å². The number of Topliss-reactive ketones (excluding diaryl/α,β-unsaturated/α-hetero) is 1. The van der Waals surface area contributed by atoms with Gasteiger partial charge in [-0.25, -0.2) is 0 Å². The van der Waals surface area contributed by atoms with Crippen molar-refractivity contribution >= 4 is 17.4 Å². The fourth-order valence-electron chi connectivity index (χ4n) is 2.08. The minimum atomic E-state index is -2.66. The molecule has 1 atom stereocenters. The maximum Gasteiger partial charge on any atom is 0.157 e. The second-order valence-corrected chi connectivity index (χ2v) is 4.23. The van der Waals surface area contributed by atoms with Crippen molar-refractivity contribution in [3.63, 3.8) is 0 Å². The number of nitrogens with one attached hydrogen (secondary N) is 1. The number of benzene rings is 1. The lowest BCUT2D eigenvalue weighted by molar-refractivity contribution is -0.127. The number of hydrogen-bond acceptors (Lipinski definition) is 2. The minimum absolute atomic E-state index is 0.117. The van der Waals surface area contributed by atoms with Gasteiger partial charge in [-0.1, -0.05) is 36.1 Å². The van der Waals surface area contributed by atoms with Gasteiger partial charge in [0, 0.05) is 15.6 Å². The zero-order valence-electron chi connectivity index (χ0n) is 15.6. The molecule has 1 aromatic rings.